The second-order valence-electron chi connectivity index (χ2n) is 6.08. The van der Waals surface area contributed by atoms with E-state index in [4.69, 9.17) is 0 Å². The molecule has 1 heteroatoms. The number of aryl methyl sites for hydroxylation is 2. The Labute approximate surface area is 124 Å². The molecule has 0 fully saturated rings. The summed E-state index contributed by atoms with van der Waals surface area (Å²) in [4.78, 5) is 0. The highest BCUT2D eigenvalue weighted by Gasteiger charge is 2.03. The maximum Gasteiger partial charge on any atom is 0.171 e. The zero-order valence-corrected chi connectivity index (χ0v) is 12.9. The lowest BCUT2D eigenvalue weighted by molar-refractivity contribution is -0.697. The summed E-state index contributed by atoms with van der Waals surface area (Å²) in [6, 6.07) is 4.50. The second-order valence-corrected chi connectivity index (χ2v) is 6.08. The minimum Gasteiger partial charge on any atom is -0.205 e. The number of aromatic nitrogens is 1. The number of fused-ring (bicyclic) bond motifs is 2. The summed E-state index contributed by atoms with van der Waals surface area (Å²) in [5.41, 5.74) is 1.51. The van der Waals surface area contributed by atoms with E-state index in [1.54, 1.807) is 0 Å². The Morgan fingerprint density at radius 2 is 1.45 bits per heavy atom. The average Bonchev–Trinajstić information content (AvgIpc) is 2.47. The first-order chi connectivity index (χ1) is 9.95. The molecule has 0 saturated heterocycles. The first-order valence-corrected chi connectivity index (χ1v) is 8.58. The van der Waals surface area contributed by atoms with Crippen LogP contribution in [0.5, 0.6) is 0 Å². The van der Waals surface area contributed by atoms with Crippen LogP contribution in [-0.2, 0) is 13.0 Å². The zero-order chi connectivity index (χ0) is 13.9. The summed E-state index contributed by atoms with van der Waals surface area (Å²) in [5, 5.41) is 0. The number of hydrogen-bond acceptors (Lipinski definition) is 0. The number of rotatable bonds is 0. The van der Waals surface area contributed by atoms with Crippen LogP contribution in [0.2, 0.25) is 0 Å². The van der Waals surface area contributed by atoms with Gasteiger partial charge in [-0.15, -0.1) is 0 Å². The quantitative estimate of drug-likeness (QED) is 0.463. The summed E-state index contributed by atoms with van der Waals surface area (Å²) < 4.78 is 2.38. The molecule has 0 aliphatic carbocycles. The highest BCUT2D eigenvalue weighted by Crippen LogP contribution is 2.10. The van der Waals surface area contributed by atoms with E-state index in [0.29, 0.717) is 0 Å². The van der Waals surface area contributed by atoms with Crippen molar-refractivity contribution in [2.45, 2.75) is 77.2 Å². The van der Waals surface area contributed by atoms with Crippen LogP contribution in [0.15, 0.2) is 36.7 Å². The summed E-state index contributed by atoms with van der Waals surface area (Å²) in [7, 11) is 0. The number of hydrogen-bond donors (Lipinski definition) is 0. The van der Waals surface area contributed by atoms with E-state index in [1.807, 2.05) is 0 Å². The molecule has 1 aliphatic rings. The SMILES string of the molecule is C1=C\CCCCCC[n+]2cccc(c2)CCCCCC/1. The maximum absolute atomic E-state index is 2.40. The van der Waals surface area contributed by atoms with Crippen LogP contribution in [0, 0.1) is 0 Å². The van der Waals surface area contributed by atoms with Crippen molar-refractivity contribution in [1.29, 1.82) is 0 Å². The van der Waals surface area contributed by atoms with Crippen LogP contribution in [-0.4, -0.2) is 0 Å². The van der Waals surface area contributed by atoms with Gasteiger partial charge < -0.3 is 0 Å². The van der Waals surface area contributed by atoms with Crippen LogP contribution >= 0.6 is 0 Å². The number of nitrogens with zero attached hydrogens (tertiary/aromatic N) is 1. The van der Waals surface area contributed by atoms with Crippen molar-refractivity contribution < 1.29 is 4.57 Å². The first kappa shape index (κ1) is 15.3. The Balaban J connectivity index is 1.84. The normalized spacial score (nSPS) is 21.0. The van der Waals surface area contributed by atoms with E-state index in [0.717, 1.165) is 0 Å². The zero-order valence-electron chi connectivity index (χ0n) is 12.9. The lowest BCUT2D eigenvalue weighted by Gasteiger charge is -2.02. The summed E-state index contributed by atoms with van der Waals surface area (Å²) in [6.45, 7) is 1.18. The van der Waals surface area contributed by atoms with Crippen LogP contribution < -0.4 is 4.57 Å². The molecular formula is C19H30N+. The lowest BCUT2D eigenvalue weighted by atomic mass is 10.1. The van der Waals surface area contributed by atoms with Gasteiger partial charge in [0, 0.05) is 18.1 Å². The van der Waals surface area contributed by atoms with Gasteiger partial charge in [0.2, 0.25) is 0 Å². The molecule has 0 unspecified atom stereocenters. The third-order valence-corrected chi connectivity index (χ3v) is 4.21. The van der Waals surface area contributed by atoms with Gasteiger partial charge in [0.15, 0.2) is 12.4 Å². The minimum absolute atomic E-state index is 1.18. The molecule has 1 aromatic heterocycles. The third-order valence-electron chi connectivity index (χ3n) is 4.21. The van der Waals surface area contributed by atoms with Crippen molar-refractivity contribution in [1.82, 2.24) is 0 Å². The fourth-order valence-corrected chi connectivity index (χ4v) is 2.95. The average molecular weight is 272 g/mol. The summed E-state index contributed by atoms with van der Waals surface area (Å²) in [6.07, 6.45) is 24.1. The van der Waals surface area contributed by atoms with Crippen LogP contribution in [0.1, 0.15) is 69.8 Å². The van der Waals surface area contributed by atoms with E-state index in [1.165, 1.54) is 82.7 Å². The van der Waals surface area contributed by atoms with Gasteiger partial charge in [-0.05, 0) is 51.0 Å². The fraction of sp³-hybridized carbons (Fsp3) is 0.632. The molecule has 0 N–H and O–H groups in total. The summed E-state index contributed by atoms with van der Waals surface area (Å²) >= 11 is 0. The molecule has 1 aliphatic heterocycles. The molecule has 2 heterocycles. The van der Waals surface area contributed by atoms with Gasteiger partial charge in [0.05, 0.1) is 0 Å². The van der Waals surface area contributed by atoms with E-state index < -0.39 is 0 Å². The molecule has 2 rings (SSSR count). The van der Waals surface area contributed by atoms with Crippen molar-refractivity contribution in [2.24, 2.45) is 0 Å². The Morgan fingerprint density at radius 1 is 0.750 bits per heavy atom. The molecule has 0 radical (unpaired) electrons. The number of pyridine rings is 1. The van der Waals surface area contributed by atoms with Gasteiger partial charge in [-0.3, -0.25) is 0 Å². The second kappa shape index (κ2) is 9.74. The van der Waals surface area contributed by atoms with E-state index in [2.05, 4.69) is 41.2 Å². The predicted octanol–water partition coefficient (Wildman–Crippen LogP) is 4.99. The van der Waals surface area contributed by atoms with Crippen LogP contribution in [0.4, 0.5) is 0 Å². The van der Waals surface area contributed by atoms with Crippen molar-refractivity contribution in [3.8, 4) is 0 Å². The Hall–Kier alpha value is -1.11. The smallest absolute Gasteiger partial charge is 0.171 e. The van der Waals surface area contributed by atoms with Crippen LogP contribution in [0.25, 0.3) is 0 Å². The highest BCUT2D eigenvalue weighted by molar-refractivity contribution is 5.05. The van der Waals surface area contributed by atoms with Gasteiger partial charge in [0.25, 0.3) is 0 Å². The Morgan fingerprint density at radius 3 is 2.25 bits per heavy atom. The van der Waals surface area contributed by atoms with Gasteiger partial charge in [-0.1, -0.05) is 31.4 Å². The standard InChI is InChI=1S/C19H30N/c1-2-4-6-8-10-12-16-20-17-13-15-19(18-20)14-11-9-7-5-3-1/h1-2,13,15,17-18H,3-12,14,16H2/q+1/b2-1-. The molecule has 0 spiro atoms. The van der Waals surface area contributed by atoms with Gasteiger partial charge >= 0.3 is 0 Å². The van der Waals surface area contributed by atoms with Crippen LogP contribution in [0.3, 0.4) is 0 Å². The summed E-state index contributed by atoms with van der Waals surface area (Å²) in [5.74, 6) is 0. The Kier molecular flexibility index (Phi) is 7.44. The molecule has 110 valence electrons. The topological polar surface area (TPSA) is 3.88 Å². The highest BCUT2D eigenvalue weighted by atomic mass is 14.9. The molecular weight excluding hydrogens is 242 g/mol. The minimum atomic E-state index is 1.18. The molecule has 2 bridgehead atoms. The van der Waals surface area contributed by atoms with E-state index in [9.17, 15) is 0 Å². The predicted molar refractivity (Wildman–Crippen MR) is 85.7 cm³/mol. The molecule has 20 heavy (non-hydrogen) atoms. The van der Waals surface area contributed by atoms with E-state index in [-0.39, 0.29) is 0 Å². The van der Waals surface area contributed by atoms with Gasteiger partial charge in [-0.25, -0.2) is 4.57 Å². The van der Waals surface area contributed by atoms with Crippen molar-refractivity contribution >= 4 is 0 Å². The van der Waals surface area contributed by atoms with Gasteiger partial charge in [-0.2, -0.15) is 0 Å². The molecule has 0 saturated carbocycles. The molecule has 0 aromatic carbocycles. The van der Waals surface area contributed by atoms with Gasteiger partial charge in [0.1, 0.15) is 6.54 Å². The van der Waals surface area contributed by atoms with Crippen molar-refractivity contribution in [3.63, 3.8) is 0 Å². The third kappa shape index (κ3) is 6.36. The molecule has 1 nitrogen and oxygen atoms in total. The maximum atomic E-state index is 2.40. The Bertz CT molecular complexity index is 361. The number of allylic oxidation sites excluding steroid dienone is 2. The molecule has 0 amide bonds. The van der Waals surface area contributed by atoms with E-state index >= 15 is 0 Å². The molecule has 0 atom stereocenters. The first-order valence-electron chi connectivity index (χ1n) is 8.58. The monoisotopic (exact) mass is 272 g/mol. The largest absolute Gasteiger partial charge is 0.205 e. The van der Waals surface area contributed by atoms with Crippen molar-refractivity contribution in [3.05, 3.63) is 42.2 Å². The molecule has 1 aromatic rings. The van der Waals surface area contributed by atoms with Crippen molar-refractivity contribution in [2.75, 3.05) is 0 Å². The fourth-order valence-electron chi connectivity index (χ4n) is 2.95. The lowest BCUT2D eigenvalue weighted by Crippen LogP contribution is -2.33.